The SMILES string of the molecule is Nc1nc(-c2cn(Cc3cccc(C4(O)CCC4)n3)nn2)c2scc(Br)c2n1. The number of aromatic nitrogens is 6. The Kier molecular flexibility index (Phi) is 4.14. The highest BCUT2D eigenvalue weighted by Crippen LogP contribution is 2.40. The van der Waals surface area contributed by atoms with Gasteiger partial charge in [0, 0.05) is 5.38 Å². The molecular weight excluding hydrogens is 442 g/mol. The molecule has 0 spiro atoms. The van der Waals surface area contributed by atoms with E-state index in [0.29, 0.717) is 17.9 Å². The van der Waals surface area contributed by atoms with E-state index in [1.54, 1.807) is 4.68 Å². The first-order valence-corrected chi connectivity index (χ1v) is 10.5. The summed E-state index contributed by atoms with van der Waals surface area (Å²) >= 11 is 5.01. The maximum absolute atomic E-state index is 10.5. The van der Waals surface area contributed by atoms with Gasteiger partial charge in [-0.15, -0.1) is 16.4 Å². The van der Waals surface area contributed by atoms with Crippen molar-refractivity contribution >= 4 is 43.4 Å². The second kappa shape index (κ2) is 6.57. The third-order valence-corrected chi connectivity index (χ3v) is 6.84. The van der Waals surface area contributed by atoms with Crippen LogP contribution in [0.25, 0.3) is 21.6 Å². The minimum atomic E-state index is -0.778. The highest BCUT2D eigenvalue weighted by atomic mass is 79.9. The summed E-state index contributed by atoms with van der Waals surface area (Å²) in [5.41, 5.74) is 8.70. The minimum absolute atomic E-state index is 0.194. The van der Waals surface area contributed by atoms with E-state index < -0.39 is 5.60 Å². The number of nitrogens with two attached hydrogens (primary N) is 1. The van der Waals surface area contributed by atoms with Gasteiger partial charge in [-0.05, 0) is 47.3 Å². The highest BCUT2D eigenvalue weighted by Gasteiger charge is 2.37. The van der Waals surface area contributed by atoms with Gasteiger partial charge < -0.3 is 10.8 Å². The average molecular weight is 458 g/mol. The first-order valence-electron chi connectivity index (χ1n) is 8.81. The lowest BCUT2D eigenvalue weighted by atomic mass is 9.77. The highest BCUT2D eigenvalue weighted by molar-refractivity contribution is 9.10. The van der Waals surface area contributed by atoms with Crippen LogP contribution in [0.1, 0.15) is 30.7 Å². The van der Waals surface area contributed by atoms with Crippen LogP contribution in [0.3, 0.4) is 0 Å². The first-order chi connectivity index (χ1) is 13.5. The van der Waals surface area contributed by atoms with Crippen molar-refractivity contribution in [1.29, 1.82) is 0 Å². The molecule has 28 heavy (non-hydrogen) atoms. The van der Waals surface area contributed by atoms with Gasteiger partial charge in [0.1, 0.15) is 22.5 Å². The molecule has 0 aromatic carbocycles. The van der Waals surface area contributed by atoms with E-state index in [9.17, 15) is 5.11 Å². The minimum Gasteiger partial charge on any atom is -0.384 e. The number of halogens is 1. The molecule has 0 radical (unpaired) electrons. The molecule has 1 aliphatic carbocycles. The molecular formula is C18H16BrN7OS. The van der Waals surface area contributed by atoms with E-state index in [1.807, 2.05) is 29.8 Å². The van der Waals surface area contributed by atoms with Crippen molar-refractivity contribution in [3.8, 4) is 11.4 Å². The molecule has 5 rings (SSSR count). The summed E-state index contributed by atoms with van der Waals surface area (Å²) in [5.74, 6) is 0.194. The molecule has 1 saturated carbocycles. The molecule has 142 valence electrons. The van der Waals surface area contributed by atoms with Crippen molar-refractivity contribution < 1.29 is 5.11 Å². The maximum atomic E-state index is 10.5. The Bertz CT molecular complexity index is 1180. The lowest BCUT2D eigenvalue weighted by Crippen LogP contribution is -2.34. The maximum Gasteiger partial charge on any atom is 0.221 e. The molecule has 8 nitrogen and oxygen atoms in total. The second-order valence-electron chi connectivity index (χ2n) is 6.89. The fourth-order valence-corrected chi connectivity index (χ4v) is 4.89. The molecule has 10 heteroatoms. The summed E-state index contributed by atoms with van der Waals surface area (Å²) in [6.45, 7) is 0.453. The number of fused-ring (bicyclic) bond motifs is 1. The van der Waals surface area contributed by atoms with Crippen molar-refractivity contribution in [2.24, 2.45) is 0 Å². The zero-order valence-electron chi connectivity index (χ0n) is 14.7. The Morgan fingerprint density at radius 1 is 1.25 bits per heavy atom. The van der Waals surface area contributed by atoms with E-state index >= 15 is 0 Å². The van der Waals surface area contributed by atoms with E-state index in [2.05, 4.69) is 41.2 Å². The largest absolute Gasteiger partial charge is 0.384 e. The summed E-state index contributed by atoms with van der Waals surface area (Å²) < 4.78 is 3.49. The van der Waals surface area contributed by atoms with Gasteiger partial charge in [-0.1, -0.05) is 11.3 Å². The van der Waals surface area contributed by atoms with Gasteiger partial charge in [-0.2, -0.15) is 0 Å². The van der Waals surface area contributed by atoms with Crippen molar-refractivity contribution in [1.82, 2.24) is 29.9 Å². The molecule has 0 saturated heterocycles. The van der Waals surface area contributed by atoms with Crippen LogP contribution in [0.5, 0.6) is 0 Å². The van der Waals surface area contributed by atoms with E-state index in [0.717, 1.165) is 45.3 Å². The molecule has 4 aromatic heterocycles. The van der Waals surface area contributed by atoms with Gasteiger partial charge in [0.15, 0.2) is 0 Å². The Balaban J connectivity index is 1.46. The Morgan fingerprint density at radius 2 is 2.11 bits per heavy atom. The van der Waals surface area contributed by atoms with Gasteiger partial charge in [0.2, 0.25) is 5.95 Å². The number of anilines is 1. The Morgan fingerprint density at radius 3 is 2.89 bits per heavy atom. The number of hydrogen-bond donors (Lipinski definition) is 2. The van der Waals surface area contributed by atoms with Crippen molar-refractivity contribution in [3.05, 3.63) is 45.6 Å². The van der Waals surface area contributed by atoms with Crippen LogP contribution in [0.2, 0.25) is 0 Å². The normalized spacial score (nSPS) is 15.6. The van der Waals surface area contributed by atoms with Crippen LogP contribution < -0.4 is 5.73 Å². The molecule has 0 bridgehead atoms. The fourth-order valence-electron chi connectivity index (χ4n) is 3.33. The smallest absolute Gasteiger partial charge is 0.221 e. The Hall–Kier alpha value is -2.43. The molecule has 1 fully saturated rings. The lowest BCUT2D eigenvalue weighted by molar-refractivity contribution is -0.0427. The summed E-state index contributed by atoms with van der Waals surface area (Å²) in [6.07, 6.45) is 4.38. The van der Waals surface area contributed by atoms with Crippen LogP contribution in [0.4, 0.5) is 5.95 Å². The molecule has 3 N–H and O–H groups in total. The number of hydrogen-bond acceptors (Lipinski definition) is 8. The second-order valence-corrected chi connectivity index (χ2v) is 8.63. The van der Waals surface area contributed by atoms with Crippen LogP contribution in [0, 0.1) is 0 Å². The van der Waals surface area contributed by atoms with Gasteiger partial charge in [-0.25, -0.2) is 14.6 Å². The van der Waals surface area contributed by atoms with Crippen molar-refractivity contribution in [2.45, 2.75) is 31.4 Å². The first kappa shape index (κ1) is 17.7. The summed E-state index contributed by atoms with van der Waals surface area (Å²) in [7, 11) is 0. The molecule has 4 aromatic rings. The van der Waals surface area contributed by atoms with Gasteiger partial charge in [-0.3, -0.25) is 4.98 Å². The number of thiophene rings is 1. The molecule has 0 aliphatic heterocycles. The fraction of sp³-hybridized carbons (Fsp3) is 0.278. The topological polar surface area (TPSA) is 116 Å². The number of pyridine rings is 1. The van der Waals surface area contributed by atoms with E-state index in [-0.39, 0.29) is 5.95 Å². The molecule has 0 amide bonds. The van der Waals surface area contributed by atoms with E-state index in [1.165, 1.54) is 11.3 Å². The standard InChI is InChI=1S/C18H16BrN7OS/c19-11-9-28-16-14(11)22-17(20)23-15(16)12-8-26(25-24-12)7-10-3-1-4-13(21-10)18(27)5-2-6-18/h1,3-4,8-9,27H,2,5-7H2,(H2,20,22,23). The average Bonchev–Trinajstić information content (AvgIpc) is 3.27. The molecule has 0 atom stereocenters. The predicted molar refractivity (Wildman–Crippen MR) is 110 cm³/mol. The quantitative estimate of drug-likeness (QED) is 0.483. The zero-order valence-corrected chi connectivity index (χ0v) is 17.1. The van der Waals surface area contributed by atoms with Crippen LogP contribution in [-0.2, 0) is 12.1 Å². The summed E-state index contributed by atoms with van der Waals surface area (Å²) in [6, 6.07) is 5.72. The molecule has 1 aliphatic rings. The van der Waals surface area contributed by atoms with Crippen LogP contribution in [-0.4, -0.2) is 35.1 Å². The Labute approximate surface area is 172 Å². The van der Waals surface area contributed by atoms with Gasteiger partial charge >= 0.3 is 0 Å². The monoisotopic (exact) mass is 457 g/mol. The van der Waals surface area contributed by atoms with Crippen molar-refractivity contribution in [3.63, 3.8) is 0 Å². The summed E-state index contributed by atoms with van der Waals surface area (Å²) in [5, 5.41) is 21.0. The number of aliphatic hydroxyl groups is 1. The summed E-state index contributed by atoms with van der Waals surface area (Å²) in [4.78, 5) is 13.3. The molecule has 4 heterocycles. The van der Waals surface area contributed by atoms with Crippen LogP contribution in [0.15, 0.2) is 34.2 Å². The van der Waals surface area contributed by atoms with Gasteiger partial charge in [0.25, 0.3) is 0 Å². The predicted octanol–water partition coefficient (Wildman–Crippen LogP) is 3.11. The number of nitrogens with zero attached hydrogens (tertiary/aromatic N) is 6. The van der Waals surface area contributed by atoms with Crippen molar-refractivity contribution in [2.75, 3.05) is 5.73 Å². The van der Waals surface area contributed by atoms with E-state index in [4.69, 9.17) is 5.73 Å². The third-order valence-electron chi connectivity index (χ3n) is 4.96. The third kappa shape index (κ3) is 2.97. The number of nitrogen functional groups attached to an aromatic ring is 1. The van der Waals surface area contributed by atoms with Gasteiger partial charge in [0.05, 0.1) is 33.3 Å². The molecule has 0 unspecified atom stereocenters. The number of rotatable bonds is 4. The lowest BCUT2D eigenvalue weighted by Gasteiger charge is -2.36. The zero-order chi connectivity index (χ0) is 19.3. The van der Waals surface area contributed by atoms with Crippen LogP contribution >= 0.6 is 27.3 Å².